The van der Waals surface area contributed by atoms with Gasteiger partial charge in [0, 0.05) is 11.1 Å². The van der Waals surface area contributed by atoms with E-state index in [-0.39, 0.29) is 0 Å². The number of nitriles is 1. The summed E-state index contributed by atoms with van der Waals surface area (Å²) in [5, 5.41) is 8.74. The highest BCUT2D eigenvalue weighted by atomic mass is 16.5. The van der Waals surface area contributed by atoms with E-state index < -0.39 is 0 Å². The van der Waals surface area contributed by atoms with Crippen LogP contribution in [0.25, 0.3) is 0 Å². The average Bonchev–Trinajstić information content (AvgIpc) is 2.55. The third-order valence-electron chi connectivity index (χ3n) is 2.99. The van der Waals surface area contributed by atoms with Crippen molar-refractivity contribution in [1.29, 1.82) is 5.26 Å². The molecule has 0 unspecified atom stereocenters. The lowest BCUT2D eigenvalue weighted by atomic mass is 10.1. The maximum atomic E-state index is 8.74. The zero-order valence-electron chi connectivity index (χ0n) is 12.1. The van der Waals surface area contributed by atoms with E-state index in [0.29, 0.717) is 5.56 Å². The van der Waals surface area contributed by atoms with Crippen molar-refractivity contribution in [3.63, 3.8) is 0 Å². The van der Waals surface area contributed by atoms with Gasteiger partial charge in [-0.1, -0.05) is 25.2 Å². The van der Waals surface area contributed by atoms with Gasteiger partial charge in [-0.15, -0.1) is 0 Å². The molecule has 0 aliphatic heterocycles. The first kappa shape index (κ1) is 14.7. The molecular formula is C19H17NO. The van der Waals surface area contributed by atoms with E-state index in [2.05, 4.69) is 24.8 Å². The summed E-state index contributed by atoms with van der Waals surface area (Å²) in [6.45, 7) is 2.90. The Bertz CT molecular complexity index is 667. The minimum Gasteiger partial charge on any atom is -0.494 e. The van der Waals surface area contributed by atoms with Crippen LogP contribution in [0.3, 0.4) is 0 Å². The molecule has 104 valence electrons. The molecule has 0 bridgehead atoms. The van der Waals surface area contributed by atoms with Crippen molar-refractivity contribution in [3.05, 3.63) is 65.2 Å². The second kappa shape index (κ2) is 7.78. The monoisotopic (exact) mass is 275 g/mol. The fraction of sp³-hybridized carbons (Fsp3) is 0.211. The third-order valence-corrected chi connectivity index (χ3v) is 2.99. The highest BCUT2D eigenvalue weighted by Gasteiger charge is 1.94. The first-order valence-electron chi connectivity index (χ1n) is 7.07. The number of benzene rings is 2. The van der Waals surface area contributed by atoms with E-state index >= 15 is 0 Å². The fourth-order valence-corrected chi connectivity index (χ4v) is 1.74. The van der Waals surface area contributed by atoms with Crippen molar-refractivity contribution in [2.45, 2.75) is 19.8 Å². The van der Waals surface area contributed by atoms with Gasteiger partial charge >= 0.3 is 0 Å². The second-order valence-corrected chi connectivity index (χ2v) is 4.67. The molecule has 0 spiro atoms. The van der Waals surface area contributed by atoms with Crippen molar-refractivity contribution < 1.29 is 4.74 Å². The average molecular weight is 275 g/mol. The summed E-state index contributed by atoms with van der Waals surface area (Å²) in [5.41, 5.74) is 2.49. The van der Waals surface area contributed by atoms with Crippen LogP contribution in [0.15, 0.2) is 48.5 Å². The maximum absolute atomic E-state index is 8.74. The summed E-state index contributed by atoms with van der Waals surface area (Å²) in [5.74, 6) is 7.07. The zero-order valence-corrected chi connectivity index (χ0v) is 12.1. The molecule has 0 radical (unpaired) electrons. The Balaban J connectivity index is 2.00. The lowest BCUT2D eigenvalue weighted by Gasteiger charge is -2.04. The Morgan fingerprint density at radius 3 is 1.90 bits per heavy atom. The van der Waals surface area contributed by atoms with E-state index in [0.717, 1.165) is 36.3 Å². The summed E-state index contributed by atoms with van der Waals surface area (Å²) in [7, 11) is 0. The van der Waals surface area contributed by atoms with Gasteiger partial charge in [-0.25, -0.2) is 0 Å². The molecule has 2 nitrogen and oxygen atoms in total. The van der Waals surface area contributed by atoms with Crippen LogP contribution >= 0.6 is 0 Å². The zero-order chi connectivity index (χ0) is 14.9. The number of rotatable bonds is 4. The van der Waals surface area contributed by atoms with Gasteiger partial charge in [0.1, 0.15) is 5.75 Å². The molecule has 21 heavy (non-hydrogen) atoms. The summed E-state index contributed by atoms with van der Waals surface area (Å²) >= 11 is 0. The molecule has 0 heterocycles. The quantitative estimate of drug-likeness (QED) is 0.620. The van der Waals surface area contributed by atoms with Crippen LogP contribution in [0, 0.1) is 23.2 Å². The highest BCUT2D eigenvalue weighted by Crippen LogP contribution is 2.12. The number of hydrogen-bond donors (Lipinski definition) is 0. The lowest BCUT2D eigenvalue weighted by molar-refractivity contribution is 0.309. The fourth-order valence-electron chi connectivity index (χ4n) is 1.74. The largest absolute Gasteiger partial charge is 0.494 e. The smallest absolute Gasteiger partial charge is 0.119 e. The lowest BCUT2D eigenvalue weighted by Crippen LogP contribution is -1.95. The molecule has 0 aliphatic carbocycles. The molecule has 2 rings (SSSR count). The van der Waals surface area contributed by atoms with Gasteiger partial charge in [0.25, 0.3) is 0 Å². The van der Waals surface area contributed by atoms with Crippen molar-refractivity contribution in [1.82, 2.24) is 0 Å². The molecule has 2 aromatic carbocycles. The first-order valence-corrected chi connectivity index (χ1v) is 7.07. The minimum atomic E-state index is 0.647. The SMILES string of the molecule is CCCCOc1ccc(C#Cc2ccc(C#N)cc2)cc1. The Kier molecular flexibility index (Phi) is 5.44. The third kappa shape index (κ3) is 4.71. The second-order valence-electron chi connectivity index (χ2n) is 4.67. The van der Waals surface area contributed by atoms with E-state index in [1.165, 1.54) is 0 Å². The van der Waals surface area contributed by atoms with Gasteiger partial charge in [-0.05, 0) is 55.0 Å². The Hall–Kier alpha value is -2.71. The van der Waals surface area contributed by atoms with Gasteiger partial charge in [-0.2, -0.15) is 5.26 Å². The number of hydrogen-bond acceptors (Lipinski definition) is 2. The van der Waals surface area contributed by atoms with Crippen LogP contribution in [0.1, 0.15) is 36.5 Å². The Morgan fingerprint density at radius 1 is 0.857 bits per heavy atom. The first-order chi connectivity index (χ1) is 10.3. The minimum absolute atomic E-state index is 0.647. The van der Waals surface area contributed by atoms with Crippen LogP contribution in [0.2, 0.25) is 0 Å². The molecular weight excluding hydrogens is 258 g/mol. The molecule has 0 saturated carbocycles. The molecule has 0 fully saturated rings. The summed E-state index contributed by atoms with van der Waals surface area (Å²) in [4.78, 5) is 0. The van der Waals surface area contributed by atoms with E-state index in [4.69, 9.17) is 10.00 Å². The van der Waals surface area contributed by atoms with Gasteiger partial charge in [0.2, 0.25) is 0 Å². The van der Waals surface area contributed by atoms with Gasteiger partial charge < -0.3 is 4.74 Å². The standard InChI is InChI=1S/C19H17NO/c1-2-3-14-21-19-12-10-17(11-13-19)5-4-16-6-8-18(15-20)9-7-16/h6-13H,2-3,14H2,1H3. The number of nitrogens with zero attached hydrogens (tertiary/aromatic N) is 1. The highest BCUT2D eigenvalue weighted by molar-refractivity contribution is 5.45. The number of unbranched alkanes of at least 4 members (excludes halogenated alkanes) is 1. The number of ether oxygens (including phenoxy) is 1. The van der Waals surface area contributed by atoms with Crippen LogP contribution < -0.4 is 4.74 Å². The molecule has 0 amide bonds. The predicted octanol–water partition coefficient (Wildman–Crippen LogP) is 4.14. The molecule has 2 aromatic rings. The van der Waals surface area contributed by atoms with Gasteiger partial charge in [0.15, 0.2) is 0 Å². The van der Waals surface area contributed by atoms with E-state index in [9.17, 15) is 0 Å². The van der Waals surface area contributed by atoms with Gasteiger partial charge in [-0.3, -0.25) is 0 Å². The predicted molar refractivity (Wildman–Crippen MR) is 84.0 cm³/mol. The van der Waals surface area contributed by atoms with Gasteiger partial charge in [0.05, 0.1) is 18.2 Å². The van der Waals surface area contributed by atoms with Crippen LogP contribution in [-0.2, 0) is 0 Å². The van der Waals surface area contributed by atoms with Crippen LogP contribution in [-0.4, -0.2) is 6.61 Å². The Morgan fingerprint density at radius 2 is 1.38 bits per heavy atom. The maximum Gasteiger partial charge on any atom is 0.119 e. The molecule has 0 aliphatic rings. The van der Waals surface area contributed by atoms with Crippen molar-refractivity contribution in [3.8, 4) is 23.7 Å². The van der Waals surface area contributed by atoms with Crippen LogP contribution in [0.5, 0.6) is 5.75 Å². The topological polar surface area (TPSA) is 33.0 Å². The molecule has 2 heteroatoms. The summed E-state index contributed by atoms with van der Waals surface area (Å²) in [6.07, 6.45) is 2.20. The van der Waals surface area contributed by atoms with Crippen molar-refractivity contribution >= 4 is 0 Å². The van der Waals surface area contributed by atoms with Crippen LogP contribution in [0.4, 0.5) is 0 Å². The molecule has 0 saturated heterocycles. The van der Waals surface area contributed by atoms with E-state index in [1.807, 2.05) is 36.4 Å². The molecule has 0 N–H and O–H groups in total. The summed E-state index contributed by atoms with van der Waals surface area (Å²) in [6, 6.07) is 17.1. The molecule has 0 aromatic heterocycles. The van der Waals surface area contributed by atoms with Crippen molar-refractivity contribution in [2.75, 3.05) is 6.61 Å². The molecule has 0 atom stereocenters. The normalized spacial score (nSPS) is 9.33. The Labute approximate surface area is 126 Å². The van der Waals surface area contributed by atoms with Crippen molar-refractivity contribution in [2.24, 2.45) is 0 Å². The summed E-state index contributed by atoms with van der Waals surface area (Å²) < 4.78 is 5.61. The van der Waals surface area contributed by atoms with E-state index in [1.54, 1.807) is 12.1 Å².